The standard InChI is InChI=1S/C51H36N4Si/c1-5-18-37(19-6-1)38-32-34-39(35-33-38)49-52-50(54-51(53-49)55-47-30-15-13-28-45(47)46-29-14-16-31-48(46)55)40-20-17-27-44(36-40)56(41-21-7-2-8-22-41,42-23-9-3-10-24-42)43-25-11-4-12-26-43/h1-36H. The third-order valence-corrected chi connectivity index (χ3v) is 15.6. The second-order valence-corrected chi connectivity index (χ2v) is 17.8. The molecule has 264 valence electrons. The molecule has 0 spiro atoms. The molecule has 2 aromatic heterocycles. The van der Waals surface area contributed by atoms with Crippen LogP contribution in [0.2, 0.25) is 0 Å². The molecule has 8 aromatic carbocycles. The minimum absolute atomic E-state index is 0.581. The average molecular weight is 733 g/mol. The third-order valence-electron chi connectivity index (χ3n) is 10.8. The topological polar surface area (TPSA) is 43.6 Å². The van der Waals surface area contributed by atoms with Crippen LogP contribution in [0.15, 0.2) is 218 Å². The van der Waals surface area contributed by atoms with Crippen LogP contribution < -0.4 is 20.7 Å². The van der Waals surface area contributed by atoms with Crippen LogP contribution in [-0.2, 0) is 0 Å². The lowest BCUT2D eigenvalue weighted by Gasteiger charge is -2.34. The summed E-state index contributed by atoms with van der Waals surface area (Å²) < 4.78 is 2.18. The Bertz CT molecular complexity index is 2800. The zero-order valence-electron chi connectivity index (χ0n) is 30.6. The first-order chi connectivity index (χ1) is 27.8. The average Bonchev–Trinajstić information content (AvgIpc) is 3.63. The van der Waals surface area contributed by atoms with Crippen molar-refractivity contribution in [1.82, 2.24) is 19.5 Å². The van der Waals surface area contributed by atoms with Gasteiger partial charge in [-0.05, 0) is 44.0 Å². The number of fused-ring (bicyclic) bond motifs is 3. The maximum Gasteiger partial charge on any atom is 0.238 e. The molecule has 0 saturated heterocycles. The van der Waals surface area contributed by atoms with Gasteiger partial charge in [0.1, 0.15) is 0 Å². The lowest BCUT2D eigenvalue weighted by Crippen LogP contribution is -2.74. The largest absolute Gasteiger partial charge is 0.278 e. The second kappa shape index (κ2) is 14.2. The first kappa shape index (κ1) is 33.4. The number of hydrogen-bond acceptors (Lipinski definition) is 3. The fourth-order valence-electron chi connectivity index (χ4n) is 8.26. The van der Waals surface area contributed by atoms with Gasteiger partial charge >= 0.3 is 0 Å². The lowest BCUT2D eigenvalue weighted by atomic mass is 10.0. The molecule has 10 rings (SSSR count). The fraction of sp³-hybridized carbons (Fsp3) is 0. The smallest absolute Gasteiger partial charge is 0.238 e. The van der Waals surface area contributed by atoms with E-state index in [1.807, 2.05) is 6.07 Å². The second-order valence-electron chi connectivity index (χ2n) is 14.0. The Hall–Kier alpha value is -7.21. The number of rotatable bonds is 8. The number of benzene rings is 8. The van der Waals surface area contributed by atoms with Crippen molar-refractivity contribution >= 4 is 50.6 Å². The van der Waals surface area contributed by atoms with Crippen LogP contribution in [0.3, 0.4) is 0 Å². The molecule has 0 fully saturated rings. The predicted octanol–water partition coefficient (Wildman–Crippen LogP) is 9.35. The maximum atomic E-state index is 5.33. The van der Waals surface area contributed by atoms with Gasteiger partial charge in [-0.2, -0.15) is 9.97 Å². The summed E-state index contributed by atoms with van der Waals surface area (Å²) >= 11 is 0. The summed E-state index contributed by atoms with van der Waals surface area (Å²) in [5.41, 5.74) is 6.27. The molecule has 0 N–H and O–H groups in total. The van der Waals surface area contributed by atoms with Crippen molar-refractivity contribution in [2.45, 2.75) is 0 Å². The van der Waals surface area contributed by atoms with Crippen molar-refractivity contribution in [3.05, 3.63) is 218 Å². The van der Waals surface area contributed by atoms with E-state index in [9.17, 15) is 0 Å². The highest BCUT2D eigenvalue weighted by Gasteiger charge is 2.41. The van der Waals surface area contributed by atoms with Crippen LogP contribution in [0.1, 0.15) is 0 Å². The number of nitrogens with zero attached hydrogens (tertiary/aromatic N) is 4. The van der Waals surface area contributed by atoms with Gasteiger partial charge in [0, 0.05) is 21.9 Å². The Morgan fingerprint density at radius 2 is 0.696 bits per heavy atom. The molecular formula is C51H36N4Si. The van der Waals surface area contributed by atoms with E-state index >= 15 is 0 Å². The van der Waals surface area contributed by atoms with Crippen LogP contribution in [0.5, 0.6) is 0 Å². The van der Waals surface area contributed by atoms with Gasteiger partial charge in [0.2, 0.25) is 5.95 Å². The SMILES string of the molecule is c1ccc(-c2ccc(-c3nc(-c4cccc([Si](c5ccccc5)(c5ccccc5)c5ccccc5)c4)nc(-n4c5ccccc5c5ccccc54)n3)cc2)cc1. The van der Waals surface area contributed by atoms with Crippen molar-refractivity contribution in [1.29, 1.82) is 0 Å². The zero-order valence-corrected chi connectivity index (χ0v) is 31.6. The monoisotopic (exact) mass is 732 g/mol. The molecule has 0 aliphatic rings. The van der Waals surface area contributed by atoms with Crippen molar-refractivity contribution in [3.63, 3.8) is 0 Å². The molecule has 0 aliphatic heterocycles. The van der Waals surface area contributed by atoms with E-state index in [0.717, 1.165) is 38.5 Å². The van der Waals surface area contributed by atoms with E-state index in [-0.39, 0.29) is 0 Å². The van der Waals surface area contributed by atoms with Crippen LogP contribution in [0.4, 0.5) is 0 Å². The summed E-state index contributed by atoms with van der Waals surface area (Å²) in [4.78, 5) is 15.8. The Morgan fingerprint density at radius 1 is 0.304 bits per heavy atom. The van der Waals surface area contributed by atoms with Gasteiger partial charge in [-0.15, -0.1) is 0 Å². The minimum atomic E-state index is -2.80. The first-order valence-corrected chi connectivity index (χ1v) is 21.0. The number of para-hydroxylation sites is 2. The molecular weight excluding hydrogens is 697 g/mol. The number of aromatic nitrogens is 4. The van der Waals surface area contributed by atoms with E-state index in [0.29, 0.717) is 17.6 Å². The molecule has 0 unspecified atom stereocenters. The Kier molecular flexibility index (Phi) is 8.47. The molecule has 0 bridgehead atoms. The molecule has 0 amide bonds. The summed E-state index contributed by atoms with van der Waals surface area (Å²) in [6.45, 7) is 0. The van der Waals surface area contributed by atoms with Crippen LogP contribution in [-0.4, -0.2) is 27.6 Å². The number of hydrogen-bond donors (Lipinski definition) is 0. The molecule has 2 heterocycles. The Morgan fingerprint density at radius 3 is 1.23 bits per heavy atom. The van der Waals surface area contributed by atoms with Gasteiger partial charge in [-0.1, -0.05) is 206 Å². The van der Waals surface area contributed by atoms with Crippen molar-refractivity contribution < 1.29 is 0 Å². The first-order valence-electron chi connectivity index (χ1n) is 19.0. The van der Waals surface area contributed by atoms with E-state index in [1.165, 1.54) is 26.3 Å². The summed E-state index contributed by atoms with van der Waals surface area (Å²) in [6.07, 6.45) is 0. The molecule has 0 atom stereocenters. The summed E-state index contributed by atoms with van der Waals surface area (Å²) in [7, 11) is -2.80. The maximum absolute atomic E-state index is 5.33. The predicted molar refractivity (Wildman–Crippen MR) is 234 cm³/mol. The van der Waals surface area contributed by atoms with Crippen LogP contribution in [0, 0.1) is 0 Å². The summed E-state index contributed by atoms with van der Waals surface area (Å²) in [5.74, 6) is 1.82. The van der Waals surface area contributed by atoms with Gasteiger partial charge in [-0.3, -0.25) is 4.57 Å². The quantitative estimate of drug-likeness (QED) is 0.116. The van der Waals surface area contributed by atoms with Crippen LogP contribution in [0.25, 0.3) is 61.7 Å². The van der Waals surface area contributed by atoms with Gasteiger partial charge in [-0.25, -0.2) is 4.98 Å². The normalized spacial score (nSPS) is 11.6. The molecule has 10 aromatic rings. The van der Waals surface area contributed by atoms with Gasteiger partial charge < -0.3 is 0 Å². The third kappa shape index (κ3) is 5.73. The van der Waals surface area contributed by atoms with E-state index < -0.39 is 8.07 Å². The highest BCUT2D eigenvalue weighted by Crippen LogP contribution is 2.32. The highest BCUT2D eigenvalue weighted by molar-refractivity contribution is 7.19. The van der Waals surface area contributed by atoms with Crippen molar-refractivity contribution in [3.8, 4) is 39.9 Å². The molecule has 0 radical (unpaired) electrons. The van der Waals surface area contributed by atoms with E-state index in [2.05, 4.69) is 217 Å². The molecule has 5 heteroatoms. The molecule has 4 nitrogen and oxygen atoms in total. The minimum Gasteiger partial charge on any atom is -0.278 e. The highest BCUT2D eigenvalue weighted by atomic mass is 28.3. The molecule has 0 aliphatic carbocycles. The Balaban J connectivity index is 1.22. The lowest BCUT2D eigenvalue weighted by molar-refractivity contribution is 0.953. The molecule has 0 saturated carbocycles. The molecule has 56 heavy (non-hydrogen) atoms. The fourth-order valence-corrected chi connectivity index (χ4v) is 13.1. The van der Waals surface area contributed by atoms with Crippen LogP contribution >= 0.6 is 0 Å². The Labute approximate surface area is 327 Å². The van der Waals surface area contributed by atoms with Gasteiger partial charge in [0.25, 0.3) is 0 Å². The van der Waals surface area contributed by atoms with Crippen molar-refractivity contribution in [2.24, 2.45) is 0 Å². The van der Waals surface area contributed by atoms with Gasteiger partial charge in [0.05, 0.1) is 11.0 Å². The van der Waals surface area contributed by atoms with E-state index in [1.54, 1.807) is 0 Å². The zero-order chi connectivity index (χ0) is 37.3. The van der Waals surface area contributed by atoms with Gasteiger partial charge in [0.15, 0.2) is 19.7 Å². The van der Waals surface area contributed by atoms with Crippen molar-refractivity contribution in [2.75, 3.05) is 0 Å². The summed E-state index contributed by atoms with van der Waals surface area (Å²) in [6, 6.07) is 77.9. The van der Waals surface area contributed by atoms with E-state index in [4.69, 9.17) is 15.0 Å². The summed E-state index contributed by atoms with van der Waals surface area (Å²) in [5, 5.41) is 7.52.